The topological polar surface area (TPSA) is 96.2 Å². The number of hydrazine groups is 1. The van der Waals surface area contributed by atoms with Crippen LogP contribution >= 0.6 is 0 Å². The predicted octanol–water partition coefficient (Wildman–Crippen LogP) is 0.587. The van der Waals surface area contributed by atoms with Crippen LogP contribution in [0.3, 0.4) is 0 Å². The van der Waals surface area contributed by atoms with E-state index in [0.717, 1.165) is 5.56 Å². The Morgan fingerprint density at radius 2 is 2.00 bits per heavy atom. The molecule has 0 aliphatic heterocycles. The van der Waals surface area contributed by atoms with Gasteiger partial charge >= 0.3 is 0 Å². The number of anilines is 2. The molecule has 7 nitrogen and oxygen atoms in total. The van der Waals surface area contributed by atoms with Crippen molar-refractivity contribution >= 4 is 17.5 Å². The molecule has 7 heteroatoms. The number of amides is 1. The van der Waals surface area contributed by atoms with E-state index in [1.165, 1.54) is 0 Å². The van der Waals surface area contributed by atoms with Crippen LogP contribution in [0.4, 0.5) is 11.6 Å². The number of nitrogen functional groups attached to an aromatic ring is 1. The average molecular weight is 280 g/mol. The second kappa shape index (κ2) is 7.04. The summed E-state index contributed by atoms with van der Waals surface area (Å²) in [5.74, 6) is 7.71. The zero-order chi connectivity index (χ0) is 15.3. The third-order valence-electron chi connectivity index (χ3n) is 2.82. The Morgan fingerprint density at radius 3 is 2.55 bits per heavy atom. The normalized spacial score (nSPS) is 10.6. The standard InChI is InChI=1S/C13H24N6O/c1-8(2)6-15-11(20)7-19(5)13-9(3)12(18-14)16-10(4)17-13/h8H,6-7,14H2,1-5H3,(H,15,20)(H,16,17,18). The number of rotatable bonds is 6. The number of nitrogens with zero attached hydrogens (tertiary/aromatic N) is 3. The van der Waals surface area contributed by atoms with Crippen LogP contribution in [0.1, 0.15) is 25.2 Å². The fourth-order valence-electron chi connectivity index (χ4n) is 1.79. The van der Waals surface area contributed by atoms with Crippen molar-refractivity contribution in [2.75, 3.05) is 30.5 Å². The van der Waals surface area contributed by atoms with E-state index in [1.807, 2.05) is 14.0 Å². The van der Waals surface area contributed by atoms with E-state index in [-0.39, 0.29) is 12.5 Å². The second-order valence-electron chi connectivity index (χ2n) is 5.27. The summed E-state index contributed by atoms with van der Waals surface area (Å²) < 4.78 is 0. The van der Waals surface area contributed by atoms with Crippen molar-refractivity contribution < 1.29 is 4.79 Å². The highest BCUT2D eigenvalue weighted by atomic mass is 16.2. The van der Waals surface area contributed by atoms with Crippen molar-refractivity contribution in [3.8, 4) is 0 Å². The Balaban J connectivity index is 2.79. The molecule has 1 aromatic heterocycles. The molecule has 0 bridgehead atoms. The minimum absolute atomic E-state index is 0.0286. The van der Waals surface area contributed by atoms with Crippen LogP contribution in [0.15, 0.2) is 0 Å². The number of aryl methyl sites for hydroxylation is 1. The van der Waals surface area contributed by atoms with Crippen LogP contribution in [0.5, 0.6) is 0 Å². The van der Waals surface area contributed by atoms with Crippen molar-refractivity contribution in [2.45, 2.75) is 27.7 Å². The second-order valence-corrected chi connectivity index (χ2v) is 5.27. The number of carbonyl (C=O) groups is 1. The number of likely N-dealkylation sites (N-methyl/N-ethyl adjacent to an activating group) is 1. The number of nitrogens with one attached hydrogen (secondary N) is 2. The first-order valence-corrected chi connectivity index (χ1v) is 6.64. The van der Waals surface area contributed by atoms with Gasteiger partial charge in [-0.05, 0) is 19.8 Å². The van der Waals surface area contributed by atoms with E-state index in [9.17, 15) is 4.79 Å². The van der Waals surface area contributed by atoms with Gasteiger partial charge in [0.05, 0.1) is 6.54 Å². The van der Waals surface area contributed by atoms with E-state index < -0.39 is 0 Å². The van der Waals surface area contributed by atoms with Gasteiger partial charge in [0.25, 0.3) is 0 Å². The molecule has 1 amide bonds. The van der Waals surface area contributed by atoms with E-state index >= 15 is 0 Å². The minimum atomic E-state index is -0.0286. The lowest BCUT2D eigenvalue weighted by atomic mass is 10.2. The van der Waals surface area contributed by atoms with Gasteiger partial charge in [-0.15, -0.1) is 0 Å². The minimum Gasteiger partial charge on any atom is -0.354 e. The SMILES string of the molecule is Cc1nc(NN)c(C)c(N(C)CC(=O)NCC(C)C)n1. The van der Waals surface area contributed by atoms with Gasteiger partial charge < -0.3 is 15.6 Å². The smallest absolute Gasteiger partial charge is 0.239 e. The number of carbonyl (C=O) groups excluding carboxylic acids is 1. The Bertz CT molecular complexity index is 474. The van der Waals surface area contributed by atoms with E-state index in [2.05, 4.69) is 34.6 Å². The first kappa shape index (κ1) is 16.2. The first-order valence-electron chi connectivity index (χ1n) is 6.64. The van der Waals surface area contributed by atoms with Crippen molar-refractivity contribution in [3.63, 3.8) is 0 Å². The third kappa shape index (κ3) is 4.34. The van der Waals surface area contributed by atoms with Gasteiger partial charge in [-0.1, -0.05) is 13.8 Å². The Kier molecular flexibility index (Phi) is 5.69. The molecular weight excluding hydrogens is 256 g/mol. The molecule has 0 saturated heterocycles. The molecule has 0 fully saturated rings. The van der Waals surface area contributed by atoms with Gasteiger partial charge in [-0.25, -0.2) is 15.8 Å². The number of hydrogen-bond acceptors (Lipinski definition) is 6. The highest BCUT2D eigenvalue weighted by Gasteiger charge is 2.15. The zero-order valence-electron chi connectivity index (χ0n) is 12.8. The maximum Gasteiger partial charge on any atom is 0.239 e. The lowest BCUT2D eigenvalue weighted by Gasteiger charge is -2.21. The Hall–Kier alpha value is -1.89. The lowest BCUT2D eigenvalue weighted by molar-refractivity contribution is -0.119. The highest BCUT2D eigenvalue weighted by Crippen LogP contribution is 2.21. The maximum atomic E-state index is 11.8. The molecule has 1 heterocycles. The summed E-state index contributed by atoms with van der Waals surface area (Å²) in [6, 6.07) is 0. The molecule has 0 atom stereocenters. The molecule has 0 aliphatic rings. The Morgan fingerprint density at radius 1 is 1.35 bits per heavy atom. The first-order chi connectivity index (χ1) is 9.35. The van der Waals surface area contributed by atoms with Crippen LogP contribution in [-0.4, -0.2) is 36.0 Å². The van der Waals surface area contributed by atoms with Gasteiger partial charge in [0.15, 0.2) is 0 Å². The van der Waals surface area contributed by atoms with Gasteiger partial charge in [-0.2, -0.15) is 0 Å². The molecule has 1 aromatic rings. The van der Waals surface area contributed by atoms with E-state index in [1.54, 1.807) is 11.8 Å². The molecule has 1 rings (SSSR count). The summed E-state index contributed by atoms with van der Waals surface area (Å²) in [5.41, 5.74) is 3.36. The third-order valence-corrected chi connectivity index (χ3v) is 2.82. The lowest BCUT2D eigenvalue weighted by Crippen LogP contribution is -2.37. The van der Waals surface area contributed by atoms with Gasteiger partial charge in [0.2, 0.25) is 5.91 Å². The average Bonchev–Trinajstić information content (AvgIpc) is 2.38. The van der Waals surface area contributed by atoms with Gasteiger partial charge in [0.1, 0.15) is 17.5 Å². The fraction of sp³-hybridized carbons (Fsp3) is 0.615. The van der Waals surface area contributed by atoms with Crippen LogP contribution in [0, 0.1) is 19.8 Å². The highest BCUT2D eigenvalue weighted by molar-refractivity contribution is 5.81. The van der Waals surface area contributed by atoms with Crippen LogP contribution in [0.25, 0.3) is 0 Å². The summed E-state index contributed by atoms with van der Waals surface area (Å²) in [6.07, 6.45) is 0. The van der Waals surface area contributed by atoms with Crippen LogP contribution < -0.4 is 21.5 Å². The van der Waals surface area contributed by atoms with Crippen molar-refractivity contribution in [2.24, 2.45) is 11.8 Å². The summed E-state index contributed by atoms with van der Waals surface area (Å²) in [6.45, 7) is 8.68. The molecule has 0 saturated carbocycles. The van der Waals surface area contributed by atoms with Crippen LogP contribution in [0.2, 0.25) is 0 Å². The number of aromatic nitrogens is 2. The Labute approximate surface area is 119 Å². The van der Waals surface area contributed by atoms with Crippen molar-refractivity contribution in [1.29, 1.82) is 0 Å². The van der Waals surface area contributed by atoms with Crippen molar-refractivity contribution in [1.82, 2.24) is 15.3 Å². The maximum absolute atomic E-state index is 11.8. The van der Waals surface area contributed by atoms with Crippen molar-refractivity contribution in [3.05, 3.63) is 11.4 Å². The van der Waals surface area contributed by atoms with E-state index in [0.29, 0.717) is 29.9 Å². The predicted molar refractivity (Wildman–Crippen MR) is 80.4 cm³/mol. The molecule has 0 aromatic carbocycles. The van der Waals surface area contributed by atoms with Crippen LogP contribution in [-0.2, 0) is 4.79 Å². The largest absolute Gasteiger partial charge is 0.354 e. The zero-order valence-corrected chi connectivity index (χ0v) is 12.8. The molecular formula is C13H24N6O. The van der Waals surface area contributed by atoms with Gasteiger partial charge in [-0.3, -0.25) is 4.79 Å². The quantitative estimate of drug-likeness (QED) is 0.521. The summed E-state index contributed by atoms with van der Waals surface area (Å²) in [4.78, 5) is 22.2. The molecule has 0 aliphatic carbocycles. The summed E-state index contributed by atoms with van der Waals surface area (Å²) in [5, 5.41) is 2.88. The monoisotopic (exact) mass is 280 g/mol. The summed E-state index contributed by atoms with van der Waals surface area (Å²) in [7, 11) is 1.82. The molecule has 0 unspecified atom stereocenters. The number of hydrogen-bond donors (Lipinski definition) is 3. The number of nitrogens with two attached hydrogens (primary N) is 1. The molecule has 20 heavy (non-hydrogen) atoms. The van der Waals surface area contributed by atoms with Gasteiger partial charge in [0, 0.05) is 19.2 Å². The summed E-state index contributed by atoms with van der Waals surface area (Å²) >= 11 is 0. The molecule has 112 valence electrons. The molecule has 0 spiro atoms. The fourth-order valence-corrected chi connectivity index (χ4v) is 1.79. The molecule has 4 N–H and O–H groups in total. The van der Waals surface area contributed by atoms with E-state index in [4.69, 9.17) is 5.84 Å². The molecule has 0 radical (unpaired) electrons.